The highest BCUT2D eigenvalue weighted by atomic mass is 32.2. The van der Waals surface area contributed by atoms with E-state index < -0.39 is 4.92 Å². The average molecular weight is 450 g/mol. The van der Waals surface area contributed by atoms with Gasteiger partial charge in [-0.15, -0.1) is 10.2 Å². The third-order valence-corrected chi connectivity index (χ3v) is 5.31. The number of ether oxygens (including phenoxy) is 1. The molecule has 4 rings (SSSR count). The Morgan fingerprint density at radius 2 is 1.84 bits per heavy atom. The second kappa shape index (κ2) is 9.43. The van der Waals surface area contributed by atoms with Gasteiger partial charge in [-0.25, -0.2) is 0 Å². The Bertz CT molecular complexity index is 1260. The van der Waals surface area contributed by atoms with Crippen molar-refractivity contribution in [3.63, 3.8) is 0 Å². The molecule has 0 radical (unpaired) electrons. The highest BCUT2D eigenvalue weighted by molar-refractivity contribution is 7.99. The molecule has 0 saturated heterocycles. The molecular formula is C21H18N6O4S. The van der Waals surface area contributed by atoms with Gasteiger partial charge in [0.25, 0.3) is 5.69 Å². The molecule has 2 heterocycles. The van der Waals surface area contributed by atoms with Crippen molar-refractivity contribution in [2.24, 2.45) is 0 Å². The molecule has 1 N–H and O–H groups in total. The van der Waals surface area contributed by atoms with Crippen molar-refractivity contribution in [2.45, 2.75) is 12.1 Å². The summed E-state index contributed by atoms with van der Waals surface area (Å²) in [5.41, 5.74) is 2.65. The van der Waals surface area contributed by atoms with E-state index in [1.165, 1.54) is 36.0 Å². The van der Waals surface area contributed by atoms with Crippen molar-refractivity contribution in [2.75, 3.05) is 17.7 Å². The van der Waals surface area contributed by atoms with Crippen LogP contribution in [0.25, 0.3) is 16.9 Å². The quantitative estimate of drug-likeness (QED) is 0.244. The molecule has 4 aromatic rings. The van der Waals surface area contributed by atoms with Gasteiger partial charge in [-0.3, -0.25) is 14.9 Å². The van der Waals surface area contributed by atoms with Crippen molar-refractivity contribution >= 4 is 34.7 Å². The van der Waals surface area contributed by atoms with Crippen LogP contribution in [-0.2, 0) is 4.79 Å². The zero-order valence-electron chi connectivity index (χ0n) is 17.0. The molecule has 2 aromatic carbocycles. The number of nitrogens with zero attached hydrogens (tertiary/aromatic N) is 5. The molecule has 0 aliphatic carbocycles. The van der Waals surface area contributed by atoms with Gasteiger partial charge in [0.05, 0.1) is 23.0 Å². The zero-order valence-corrected chi connectivity index (χ0v) is 17.8. The van der Waals surface area contributed by atoms with E-state index in [0.29, 0.717) is 23.1 Å². The molecule has 0 saturated carbocycles. The van der Waals surface area contributed by atoms with Crippen LogP contribution in [-0.4, -0.2) is 43.0 Å². The zero-order chi connectivity index (χ0) is 22.5. The summed E-state index contributed by atoms with van der Waals surface area (Å²) in [4.78, 5) is 22.5. The fraction of sp³-hybridized carbons (Fsp3) is 0.143. The van der Waals surface area contributed by atoms with E-state index in [2.05, 4.69) is 20.6 Å². The average Bonchev–Trinajstić information content (AvgIpc) is 3.21. The topological polar surface area (TPSA) is 125 Å². The predicted molar refractivity (Wildman–Crippen MR) is 120 cm³/mol. The summed E-state index contributed by atoms with van der Waals surface area (Å²) in [6.45, 7) is 2.53. The summed E-state index contributed by atoms with van der Waals surface area (Å²) in [6.07, 6.45) is 0. The number of nitrogens with one attached hydrogen (secondary N) is 1. The number of anilines is 1. The molecule has 0 fully saturated rings. The number of aromatic nitrogens is 4. The number of non-ortho nitro benzene ring substituents is 1. The number of nitro groups is 1. The van der Waals surface area contributed by atoms with Gasteiger partial charge in [-0.05, 0) is 55.5 Å². The summed E-state index contributed by atoms with van der Waals surface area (Å²) in [6, 6.07) is 16.9. The minimum absolute atomic E-state index is 0.0401. The maximum atomic E-state index is 12.3. The van der Waals surface area contributed by atoms with Crippen LogP contribution in [0.3, 0.4) is 0 Å². The van der Waals surface area contributed by atoms with Crippen LogP contribution in [0.1, 0.15) is 6.92 Å². The standard InChI is InChI=1S/C21H18N6O4S/c1-2-31-17-9-3-14(4-10-17)18-11-12-19-23-24-21(26(19)25-18)32-13-20(28)22-15-5-7-16(8-6-15)27(29)30/h3-12H,2,13H2,1H3,(H,22,28). The minimum atomic E-state index is -0.494. The van der Waals surface area contributed by atoms with Crippen LogP contribution in [0.4, 0.5) is 11.4 Å². The lowest BCUT2D eigenvalue weighted by Crippen LogP contribution is -2.14. The first-order valence-electron chi connectivity index (χ1n) is 9.66. The first-order valence-corrected chi connectivity index (χ1v) is 10.6. The van der Waals surface area contributed by atoms with E-state index in [1.54, 1.807) is 4.52 Å². The SMILES string of the molecule is CCOc1ccc(-c2ccc3nnc(SCC(=O)Nc4ccc([N+](=O)[O-])cc4)n3n2)cc1. The van der Waals surface area contributed by atoms with Gasteiger partial charge in [0.2, 0.25) is 11.1 Å². The maximum absolute atomic E-state index is 12.3. The molecule has 11 heteroatoms. The summed E-state index contributed by atoms with van der Waals surface area (Å²) in [7, 11) is 0. The van der Waals surface area contributed by atoms with E-state index in [4.69, 9.17) is 4.74 Å². The summed E-state index contributed by atoms with van der Waals surface area (Å²) in [5, 5.41) is 26.7. The smallest absolute Gasteiger partial charge is 0.269 e. The lowest BCUT2D eigenvalue weighted by atomic mass is 10.1. The van der Waals surface area contributed by atoms with Crippen LogP contribution in [0.15, 0.2) is 65.8 Å². The number of carbonyl (C=O) groups excluding carboxylic acids is 1. The number of carbonyl (C=O) groups is 1. The fourth-order valence-electron chi connectivity index (χ4n) is 2.90. The van der Waals surface area contributed by atoms with E-state index >= 15 is 0 Å². The monoisotopic (exact) mass is 450 g/mol. The number of hydrogen-bond donors (Lipinski definition) is 1. The molecule has 0 spiro atoms. The molecule has 0 unspecified atom stereocenters. The summed E-state index contributed by atoms with van der Waals surface area (Å²) >= 11 is 1.19. The number of hydrogen-bond acceptors (Lipinski definition) is 8. The number of benzene rings is 2. The van der Waals surface area contributed by atoms with Crippen LogP contribution in [0.5, 0.6) is 5.75 Å². The molecule has 2 aromatic heterocycles. The molecule has 0 bridgehead atoms. The Kier molecular flexibility index (Phi) is 6.26. The first-order chi connectivity index (χ1) is 15.5. The van der Waals surface area contributed by atoms with Crippen molar-refractivity contribution in [3.8, 4) is 17.0 Å². The fourth-order valence-corrected chi connectivity index (χ4v) is 3.58. The Labute approximate surface area is 186 Å². The Morgan fingerprint density at radius 3 is 2.53 bits per heavy atom. The van der Waals surface area contributed by atoms with Gasteiger partial charge >= 0.3 is 0 Å². The molecule has 0 aliphatic heterocycles. The van der Waals surface area contributed by atoms with E-state index in [0.717, 1.165) is 17.0 Å². The number of rotatable bonds is 8. The van der Waals surface area contributed by atoms with Crippen molar-refractivity contribution < 1.29 is 14.5 Å². The molecular weight excluding hydrogens is 432 g/mol. The predicted octanol–water partition coefficient (Wildman–Crippen LogP) is 3.83. The van der Waals surface area contributed by atoms with Crippen LogP contribution >= 0.6 is 11.8 Å². The van der Waals surface area contributed by atoms with Crippen molar-refractivity contribution in [1.82, 2.24) is 19.8 Å². The Hall–Kier alpha value is -3.99. The van der Waals surface area contributed by atoms with Gasteiger partial charge in [0.1, 0.15) is 5.75 Å². The van der Waals surface area contributed by atoms with Crippen molar-refractivity contribution in [1.29, 1.82) is 0 Å². The minimum Gasteiger partial charge on any atom is -0.494 e. The van der Waals surface area contributed by atoms with E-state index in [1.807, 2.05) is 43.3 Å². The Balaban J connectivity index is 1.44. The van der Waals surface area contributed by atoms with Gasteiger partial charge in [0, 0.05) is 23.4 Å². The second-order valence-corrected chi connectivity index (χ2v) is 7.51. The summed E-state index contributed by atoms with van der Waals surface area (Å²) < 4.78 is 7.06. The van der Waals surface area contributed by atoms with E-state index in [9.17, 15) is 14.9 Å². The Morgan fingerprint density at radius 1 is 1.09 bits per heavy atom. The summed E-state index contributed by atoms with van der Waals surface area (Å²) in [5.74, 6) is 0.590. The van der Waals surface area contributed by atoms with Crippen LogP contribution in [0.2, 0.25) is 0 Å². The van der Waals surface area contributed by atoms with Gasteiger partial charge in [0.15, 0.2) is 5.65 Å². The van der Waals surface area contributed by atoms with Gasteiger partial charge in [-0.1, -0.05) is 11.8 Å². The molecule has 0 atom stereocenters. The highest BCUT2D eigenvalue weighted by Gasteiger charge is 2.13. The molecule has 1 amide bonds. The number of thioether (sulfide) groups is 1. The van der Waals surface area contributed by atoms with E-state index in [-0.39, 0.29) is 17.3 Å². The highest BCUT2D eigenvalue weighted by Crippen LogP contribution is 2.23. The lowest BCUT2D eigenvalue weighted by molar-refractivity contribution is -0.384. The third-order valence-electron chi connectivity index (χ3n) is 4.39. The van der Waals surface area contributed by atoms with Crippen LogP contribution < -0.4 is 10.1 Å². The first kappa shape index (κ1) is 21.2. The number of nitro benzene ring substituents is 1. The maximum Gasteiger partial charge on any atom is 0.269 e. The largest absolute Gasteiger partial charge is 0.494 e. The van der Waals surface area contributed by atoms with Crippen molar-refractivity contribution in [3.05, 3.63) is 70.8 Å². The lowest BCUT2D eigenvalue weighted by Gasteiger charge is -2.06. The second-order valence-electron chi connectivity index (χ2n) is 6.57. The van der Waals surface area contributed by atoms with Gasteiger partial charge in [-0.2, -0.15) is 9.61 Å². The normalized spacial score (nSPS) is 10.8. The number of amides is 1. The van der Waals surface area contributed by atoms with Gasteiger partial charge < -0.3 is 10.1 Å². The van der Waals surface area contributed by atoms with Crippen LogP contribution in [0, 0.1) is 10.1 Å². The molecule has 32 heavy (non-hydrogen) atoms. The molecule has 162 valence electrons. The third kappa shape index (κ3) is 4.83. The number of fused-ring (bicyclic) bond motifs is 1. The molecule has 10 nitrogen and oxygen atoms in total. The molecule has 0 aliphatic rings.